The average Bonchev–Trinajstić information content (AvgIpc) is 2.90. The van der Waals surface area contributed by atoms with Crippen LogP contribution in [0.25, 0.3) is 0 Å². The van der Waals surface area contributed by atoms with Gasteiger partial charge < -0.3 is 14.8 Å². The van der Waals surface area contributed by atoms with E-state index >= 15 is 0 Å². The molecule has 1 amide bonds. The molecule has 2 aromatic rings. The molecule has 0 unspecified atom stereocenters. The van der Waals surface area contributed by atoms with E-state index in [-0.39, 0.29) is 11.3 Å². The summed E-state index contributed by atoms with van der Waals surface area (Å²) in [6, 6.07) is 5.88. The first-order chi connectivity index (χ1) is 11.9. The van der Waals surface area contributed by atoms with Gasteiger partial charge in [0.1, 0.15) is 0 Å². The monoisotopic (exact) mass is 360 g/mol. The summed E-state index contributed by atoms with van der Waals surface area (Å²) < 4.78 is 11.3. The minimum absolute atomic E-state index is 0.0105. The van der Waals surface area contributed by atoms with Gasteiger partial charge in [0, 0.05) is 23.6 Å². The lowest BCUT2D eigenvalue weighted by atomic mass is 9.93. The van der Waals surface area contributed by atoms with E-state index in [1.165, 1.54) is 11.3 Å². The molecule has 0 fully saturated rings. The van der Waals surface area contributed by atoms with Gasteiger partial charge in [-0.25, -0.2) is 4.98 Å². The van der Waals surface area contributed by atoms with Gasteiger partial charge in [0.15, 0.2) is 16.6 Å². The SMILES string of the molecule is CC(C)(C)c1csc(NC(=O)CCc2ccc3c(c2)OCCCO3)n1. The van der Waals surface area contributed by atoms with Gasteiger partial charge in [0.2, 0.25) is 5.91 Å². The molecule has 1 aliphatic rings. The van der Waals surface area contributed by atoms with Gasteiger partial charge in [0.05, 0.1) is 18.9 Å². The second-order valence-corrected chi connectivity index (χ2v) is 8.03. The van der Waals surface area contributed by atoms with Crippen LogP contribution in [-0.4, -0.2) is 24.1 Å². The molecule has 1 aromatic heterocycles. The second-order valence-electron chi connectivity index (χ2n) is 7.17. The molecule has 5 nitrogen and oxygen atoms in total. The number of thiazole rings is 1. The van der Waals surface area contributed by atoms with Crippen LogP contribution in [0.5, 0.6) is 11.5 Å². The Morgan fingerprint density at radius 1 is 1.24 bits per heavy atom. The number of carbonyl (C=O) groups is 1. The normalized spacial score (nSPS) is 14.0. The largest absolute Gasteiger partial charge is 0.490 e. The number of carbonyl (C=O) groups excluding carboxylic acids is 1. The summed E-state index contributed by atoms with van der Waals surface area (Å²) in [5, 5.41) is 5.55. The van der Waals surface area contributed by atoms with Crippen LogP contribution in [0, 0.1) is 0 Å². The lowest BCUT2D eigenvalue weighted by Gasteiger charge is -2.14. The lowest BCUT2D eigenvalue weighted by molar-refractivity contribution is -0.116. The van der Waals surface area contributed by atoms with Gasteiger partial charge in [-0.1, -0.05) is 26.8 Å². The number of nitrogens with one attached hydrogen (secondary N) is 1. The molecule has 0 saturated carbocycles. The van der Waals surface area contributed by atoms with Gasteiger partial charge in [-0.2, -0.15) is 0 Å². The Balaban J connectivity index is 1.55. The number of hydrogen-bond donors (Lipinski definition) is 1. The molecule has 25 heavy (non-hydrogen) atoms. The Hall–Kier alpha value is -2.08. The van der Waals surface area contributed by atoms with Gasteiger partial charge in [-0.05, 0) is 24.1 Å². The highest BCUT2D eigenvalue weighted by Gasteiger charge is 2.18. The maximum absolute atomic E-state index is 12.2. The van der Waals surface area contributed by atoms with E-state index in [2.05, 4.69) is 31.1 Å². The van der Waals surface area contributed by atoms with Crippen molar-refractivity contribution in [3.05, 3.63) is 34.8 Å². The first-order valence-corrected chi connectivity index (χ1v) is 9.44. The first-order valence-electron chi connectivity index (χ1n) is 8.56. The van der Waals surface area contributed by atoms with Crippen LogP contribution in [-0.2, 0) is 16.6 Å². The van der Waals surface area contributed by atoms with Crippen molar-refractivity contribution < 1.29 is 14.3 Å². The minimum atomic E-state index is -0.0260. The molecule has 6 heteroatoms. The van der Waals surface area contributed by atoms with E-state index in [1.54, 1.807) is 0 Å². The van der Waals surface area contributed by atoms with Crippen LogP contribution in [0.2, 0.25) is 0 Å². The zero-order chi connectivity index (χ0) is 17.9. The smallest absolute Gasteiger partial charge is 0.226 e. The molecule has 0 radical (unpaired) electrons. The van der Waals surface area contributed by atoms with E-state index in [1.807, 2.05) is 23.6 Å². The molecule has 0 aliphatic carbocycles. The number of aryl methyl sites for hydroxylation is 1. The maximum atomic E-state index is 12.2. The number of amides is 1. The fraction of sp³-hybridized carbons (Fsp3) is 0.474. The van der Waals surface area contributed by atoms with E-state index in [0.717, 1.165) is 29.2 Å². The Bertz CT molecular complexity index is 749. The van der Waals surface area contributed by atoms with Crippen LogP contribution in [0.1, 0.15) is 44.9 Å². The second kappa shape index (κ2) is 7.44. The molecule has 2 heterocycles. The van der Waals surface area contributed by atoms with Crippen LogP contribution < -0.4 is 14.8 Å². The number of anilines is 1. The van der Waals surface area contributed by atoms with E-state index in [9.17, 15) is 4.79 Å². The summed E-state index contributed by atoms with van der Waals surface area (Å²) in [5.74, 6) is 1.52. The molecule has 134 valence electrons. The number of benzene rings is 1. The van der Waals surface area contributed by atoms with Crippen molar-refractivity contribution in [3.8, 4) is 11.5 Å². The summed E-state index contributed by atoms with van der Waals surface area (Å²) in [6.45, 7) is 7.67. The number of fused-ring (bicyclic) bond motifs is 1. The Kier molecular flexibility index (Phi) is 5.27. The van der Waals surface area contributed by atoms with Gasteiger partial charge >= 0.3 is 0 Å². The number of nitrogens with zero attached hydrogens (tertiary/aromatic N) is 1. The third-order valence-corrected chi connectivity index (χ3v) is 4.73. The lowest BCUT2D eigenvalue weighted by Crippen LogP contribution is -2.14. The summed E-state index contributed by atoms with van der Waals surface area (Å²) in [6.07, 6.45) is 1.95. The van der Waals surface area contributed by atoms with Crippen molar-refractivity contribution in [1.82, 2.24) is 4.98 Å². The Labute approximate surface area is 152 Å². The first kappa shape index (κ1) is 17.7. The summed E-state index contributed by atoms with van der Waals surface area (Å²) >= 11 is 1.47. The molecule has 1 aliphatic heterocycles. The van der Waals surface area contributed by atoms with Crippen molar-refractivity contribution in [2.75, 3.05) is 18.5 Å². The minimum Gasteiger partial charge on any atom is -0.490 e. The average molecular weight is 360 g/mol. The highest BCUT2D eigenvalue weighted by atomic mass is 32.1. The third-order valence-electron chi connectivity index (χ3n) is 3.97. The fourth-order valence-corrected chi connectivity index (χ4v) is 3.43. The molecule has 3 rings (SSSR count). The molecule has 0 saturated heterocycles. The molecular weight excluding hydrogens is 336 g/mol. The van der Waals surface area contributed by atoms with Gasteiger partial charge in [0.25, 0.3) is 0 Å². The zero-order valence-electron chi connectivity index (χ0n) is 14.9. The number of aromatic nitrogens is 1. The van der Waals surface area contributed by atoms with E-state index < -0.39 is 0 Å². The maximum Gasteiger partial charge on any atom is 0.226 e. The number of rotatable bonds is 4. The highest BCUT2D eigenvalue weighted by Crippen LogP contribution is 2.31. The molecule has 0 bridgehead atoms. The van der Waals surface area contributed by atoms with Crippen molar-refractivity contribution in [1.29, 1.82) is 0 Å². The van der Waals surface area contributed by atoms with Crippen LogP contribution in [0.4, 0.5) is 5.13 Å². The zero-order valence-corrected chi connectivity index (χ0v) is 15.7. The highest BCUT2D eigenvalue weighted by molar-refractivity contribution is 7.13. The fourth-order valence-electron chi connectivity index (χ4n) is 2.48. The summed E-state index contributed by atoms with van der Waals surface area (Å²) in [7, 11) is 0. The molecular formula is C19H24N2O3S. The van der Waals surface area contributed by atoms with E-state index in [0.29, 0.717) is 31.2 Å². The van der Waals surface area contributed by atoms with E-state index in [4.69, 9.17) is 9.47 Å². The Morgan fingerprint density at radius 3 is 2.72 bits per heavy atom. The molecule has 0 spiro atoms. The molecule has 1 N–H and O–H groups in total. The molecule has 1 aromatic carbocycles. The standard InChI is InChI=1S/C19H24N2O3S/c1-19(2,3)16-12-25-18(20-16)21-17(22)8-6-13-5-7-14-15(11-13)24-10-4-9-23-14/h5,7,11-12H,4,6,8-10H2,1-3H3,(H,20,21,22). The third kappa shape index (κ3) is 4.72. The van der Waals surface area contributed by atoms with Crippen LogP contribution >= 0.6 is 11.3 Å². The van der Waals surface area contributed by atoms with Crippen LogP contribution in [0.3, 0.4) is 0 Å². The predicted molar refractivity (Wildman–Crippen MR) is 99.8 cm³/mol. The Morgan fingerprint density at radius 2 is 2.00 bits per heavy atom. The topological polar surface area (TPSA) is 60.5 Å². The quantitative estimate of drug-likeness (QED) is 0.889. The number of ether oxygens (including phenoxy) is 2. The summed E-state index contributed by atoms with van der Waals surface area (Å²) in [5.41, 5.74) is 2.05. The van der Waals surface area contributed by atoms with Gasteiger partial charge in [-0.3, -0.25) is 4.79 Å². The van der Waals surface area contributed by atoms with Crippen molar-refractivity contribution >= 4 is 22.4 Å². The van der Waals surface area contributed by atoms with Gasteiger partial charge in [-0.15, -0.1) is 11.3 Å². The van der Waals surface area contributed by atoms with Crippen molar-refractivity contribution in [2.45, 2.75) is 45.4 Å². The van der Waals surface area contributed by atoms with Crippen molar-refractivity contribution in [3.63, 3.8) is 0 Å². The predicted octanol–water partition coefficient (Wildman–Crippen LogP) is 4.17. The van der Waals surface area contributed by atoms with Crippen molar-refractivity contribution in [2.24, 2.45) is 0 Å². The summed E-state index contributed by atoms with van der Waals surface area (Å²) in [4.78, 5) is 16.7. The number of hydrogen-bond acceptors (Lipinski definition) is 5. The van der Waals surface area contributed by atoms with Crippen LogP contribution in [0.15, 0.2) is 23.6 Å². The molecule has 0 atom stereocenters.